The quantitative estimate of drug-likeness (QED) is 0.732. The number of carbonyl (C=O) groups is 2. The Hall–Kier alpha value is -2.87. The van der Waals surface area contributed by atoms with Crippen LogP contribution in [0.5, 0.6) is 11.5 Å². The molecule has 2 N–H and O–H groups in total. The number of amides is 1. The van der Waals surface area contributed by atoms with E-state index in [1.165, 1.54) is 26.4 Å². The van der Waals surface area contributed by atoms with Crippen molar-refractivity contribution in [2.45, 2.75) is 5.75 Å². The summed E-state index contributed by atoms with van der Waals surface area (Å²) in [5.41, 5.74) is 1.16. The minimum Gasteiger partial charge on any atom is -0.497 e. The van der Waals surface area contributed by atoms with Crippen molar-refractivity contribution in [2.24, 2.45) is 0 Å². The monoisotopic (exact) mass is 377 g/mol. The van der Waals surface area contributed by atoms with Gasteiger partial charge in [0.25, 0.3) is 0 Å². The predicted molar refractivity (Wildman–Crippen MR) is 98.3 cm³/mol. The van der Waals surface area contributed by atoms with Crippen LogP contribution in [0, 0.1) is 0 Å². The van der Waals surface area contributed by atoms with E-state index in [0.29, 0.717) is 22.7 Å². The van der Waals surface area contributed by atoms with Crippen molar-refractivity contribution in [2.75, 3.05) is 25.3 Å². The van der Waals surface area contributed by atoms with Gasteiger partial charge in [0.2, 0.25) is 5.91 Å². The molecule has 1 atom stereocenters. The van der Waals surface area contributed by atoms with E-state index >= 15 is 0 Å². The van der Waals surface area contributed by atoms with Gasteiger partial charge in [-0.05, 0) is 29.8 Å². The number of ether oxygens (including phenoxy) is 2. The van der Waals surface area contributed by atoms with Crippen molar-refractivity contribution in [1.29, 1.82) is 0 Å². The van der Waals surface area contributed by atoms with Gasteiger partial charge in [-0.1, -0.05) is 12.1 Å². The van der Waals surface area contributed by atoms with Crippen LogP contribution in [0.2, 0.25) is 0 Å². The molecule has 0 aliphatic rings. The lowest BCUT2D eigenvalue weighted by molar-refractivity contribution is -0.113. The largest absolute Gasteiger partial charge is 0.497 e. The molecule has 0 spiro atoms. The van der Waals surface area contributed by atoms with Crippen LogP contribution in [0.15, 0.2) is 42.5 Å². The van der Waals surface area contributed by atoms with Gasteiger partial charge in [-0.3, -0.25) is 9.00 Å². The molecule has 8 heteroatoms. The van der Waals surface area contributed by atoms with Gasteiger partial charge in [0.15, 0.2) is 0 Å². The van der Waals surface area contributed by atoms with Crippen LogP contribution in [-0.4, -0.2) is 41.2 Å². The lowest BCUT2D eigenvalue weighted by Crippen LogP contribution is -2.20. The number of hydrogen-bond acceptors (Lipinski definition) is 5. The maximum absolute atomic E-state index is 12.2. The van der Waals surface area contributed by atoms with Gasteiger partial charge in [-0.15, -0.1) is 0 Å². The molecule has 0 bridgehead atoms. The summed E-state index contributed by atoms with van der Waals surface area (Å²) >= 11 is 0. The van der Waals surface area contributed by atoms with Gasteiger partial charge in [-0.25, -0.2) is 4.79 Å². The summed E-state index contributed by atoms with van der Waals surface area (Å²) in [4.78, 5) is 23.1. The maximum atomic E-state index is 12.2. The molecule has 0 aliphatic carbocycles. The zero-order valence-electron chi connectivity index (χ0n) is 14.4. The van der Waals surface area contributed by atoms with E-state index in [-0.39, 0.29) is 17.1 Å². The Morgan fingerprint density at radius 2 is 1.88 bits per heavy atom. The minimum absolute atomic E-state index is 0.0916. The number of hydrogen-bond donors (Lipinski definition) is 2. The molecule has 26 heavy (non-hydrogen) atoms. The topological polar surface area (TPSA) is 102 Å². The molecular formula is C18H19NO6S. The standard InChI is InChI=1S/C18H19NO6S/c1-24-14-6-7-15(16(9-14)25-2)19-17(20)11-26(23)10-12-4-3-5-13(8-12)18(21)22/h3-9H,10-11H2,1-2H3,(H,19,20)(H,21,22). The van der Waals surface area contributed by atoms with Crippen molar-refractivity contribution in [3.05, 3.63) is 53.6 Å². The van der Waals surface area contributed by atoms with E-state index in [4.69, 9.17) is 14.6 Å². The SMILES string of the molecule is COc1ccc(NC(=O)CS(=O)Cc2cccc(C(=O)O)c2)c(OC)c1. The molecule has 1 unspecified atom stereocenters. The Labute approximate surface area is 153 Å². The average molecular weight is 377 g/mol. The van der Waals surface area contributed by atoms with Gasteiger partial charge >= 0.3 is 5.97 Å². The first-order valence-corrected chi connectivity index (χ1v) is 9.11. The fraction of sp³-hybridized carbons (Fsp3) is 0.222. The molecular weight excluding hydrogens is 358 g/mol. The van der Waals surface area contributed by atoms with E-state index in [1.807, 2.05) is 0 Å². The third-order valence-electron chi connectivity index (χ3n) is 3.48. The number of carbonyl (C=O) groups excluding carboxylic acids is 1. The Morgan fingerprint density at radius 3 is 2.54 bits per heavy atom. The van der Waals surface area contributed by atoms with Gasteiger partial charge < -0.3 is 19.9 Å². The second kappa shape index (κ2) is 9.00. The molecule has 0 saturated carbocycles. The summed E-state index contributed by atoms with van der Waals surface area (Å²) in [5.74, 6) is -0.594. The van der Waals surface area contributed by atoms with Gasteiger partial charge in [0, 0.05) is 22.6 Å². The molecule has 0 aliphatic heterocycles. The molecule has 0 fully saturated rings. The number of benzene rings is 2. The number of methoxy groups -OCH3 is 2. The highest BCUT2D eigenvalue weighted by Crippen LogP contribution is 2.28. The highest BCUT2D eigenvalue weighted by Gasteiger charge is 2.13. The van der Waals surface area contributed by atoms with Gasteiger partial charge in [0.05, 0.1) is 25.5 Å². The summed E-state index contributed by atoms with van der Waals surface area (Å²) in [6.45, 7) is 0. The number of carboxylic acid groups (broad SMARTS) is 1. The highest BCUT2D eigenvalue weighted by atomic mass is 32.2. The zero-order valence-corrected chi connectivity index (χ0v) is 15.2. The van der Waals surface area contributed by atoms with Crippen LogP contribution < -0.4 is 14.8 Å². The van der Waals surface area contributed by atoms with Crippen LogP contribution in [-0.2, 0) is 21.3 Å². The molecule has 0 aromatic heterocycles. The fourth-order valence-electron chi connectivity index (χ4n) is 2.27. The van der Waals surface area contributed by atoms with Crippen LogP contribution in [0.4, 0.5) is 5.69 Å². The number of aromatic carboxylic acids is 1. The van der Waals surface area contributed by atoms with Crippen LogP contribution in [0.1, 0.15) is 15.9 Å². The first-order chi connectivity index (χ1) is 12.4. The van der Waals surface area contributed by atoms with Crippen molar-refractivity contribution in [3.8, 4) is 11.5 Å². The lowest BCUT2D eigenvalue weighted by atomic mass is 10.1. The van der Waals surface area contributed by atoms with E-state index in [0.717, 1.165) is 0 Å². The first-order valence-electron chi connectivity index (χ1n) is 7.62. The molecule has 2 aromatic carbocycles. The maximum Gasteiger partial charge on any atom is 0.335 e. The van der Waals surface area contributed by atoms with E-state index in [1.54, 1.807) is 30.3 Å². The number of carboxylic acids is 1. The fourth-order valence-corrected chi connectivity index (χ4v) is 3.28. The normalized spacial score (nSPS) is 11.5. The van der Waals surface area contributed by atoms with Gasteiger partial charge in [0.1, 0.15) is 17.3 Å². The molecule has 1 amide bonds. The Balaban J connectivity index is 1.98. The van der Waals surface area contributed by atoms with Gasteiger partial charge in [-0.2, -0.15) is 0 Å². The molecule has 0 saturated heterocycles. The van der Waals surface area contributed by atoms with E-state index in [9.17, 15) is 13.8 Å². The molecule has 7 nitrogen and oxygen atoms in total. The van der Waals surface area contributed by atoms with Crippen LogP contribution in [0.25, 0.3) is 0 Å². The Morgan fingerprint density at radius 1 is 1.12 bits per heavy atom. The summed E-state index contributed by atoms with van der Waals surface area (Å²) in [5, 5.41) is 11.6. The summed E-state index contributed by atoms with van der Waals surface area (Å²) < 4.78 is 22.5. The van der Waals surface area contributed by atoms with Crippen molar-refractivity contribution in [1.82, 2.24) is 0 Å². The smallest absolute Gasteiger partial charge is 0.335 e. The first kappa shape index (κ1) is 19.5. The highest BCUT2D eigenvalue weighted by molar-refractivity contribution is 7.84. The van der Waals surface area contributed by atoms with Crippen molar-refractivity contribution < 1.29 is 28.4 Å². The lowest BCUT2D eigenvalue weighted by Gasteiger charge is -2.11. The third kappa shape index (κ3) is 5.32. The third-order valence-corrected chi connectivity index (χ3v) is 4.72. The van der Waals surface area contributed by atoms with Crippen molar-refractivity contribution in [3.63, 3.8) is 0 Å². The molecule has 0 radical (unpaired) electrons. The second-order valence-corrected chi connectivity index (χ2v) is 6.81. The molecule has 2 rings (SSSR count). The number of rotatable bonds is 8. The summed E-state index contributed by atoms with van der Waals surface area (Å²) in [6.07, 6.45) is 0. The van der Waals surface area contributed by atoms with Crippen LogP contribution in [0.3, 0.4) is 0 Å². The second-order valence-electron chi connectivity index (χ2n) is 5.35. The molecule has 2 aromatic rings. The Bertz CT molecular complexity index is 836. The summed E-state index contributed by atoms with van der Waals surface area (Å²) in [7, 11) is 1.51. The van der Waals surface area contributed by atoms with Crippen LogP contribution >= 0.6 is 0 Å². The number of anilines is 1. The summed E-state index contributed by atoms with van der Waals surface area (Å²) in [6, 6.07) is 11.1. The zero-order chi connectivity index (χ0) is 19.1. The Kier molecular flexibility index (Phi) is 6.74. The molecule has 138 valence electrons. The average Bonchev–Trinajstić information content (AvgIpc) is 2.61. The van der Waals surface area contributed by atoms with E-state index in [2.05, 4.69) is 5.32 Å². The van der Waals surface area contributed by atoms with Crippen molar-refractivity contribution >= 4 is 28.4 Å². The minimum atomic E-state index is -1.48. The number of nitrogens with one attached hydrogen (secondary N) is 1. The van der Waals surface area contributed by atoms with E-state index < -0.39 is 22.7 Å². The molecule has 0 heterocycles. The predicted octanol–water partition coefficient (Wildman–Crippen LogP) is 2.29.